The fourth-order valence-electron chi connectivity index (χ4n) is 1.65. The summed E-state index contributed by atoms with van der Waals surface area (Å²) in [6.45, 7) is 3.53. The van der Waals surface area contributed by atoms with Crippen molar-refractivity contribution in [3.63, 3.8) is 0 Å². The van der Waals surface area contributed by atoms with Gasteiger partial charge in [0.25, 0.3) is 5.91 Å². The fraction of sp³-hybridized carbons (Fsp3) is 0.333. The quantitative estimate of drug-likeness (QED) is 0.868. The zero-order valence-electron chi connectivity index (χ0n) is 10.2. The first-order valence-corrected chi connectivity index (χ1v) is 6.20. The third kappa shape index (κ3) is 3.46. The molecule has 0 saturated heterocycles. The van der Waals surface area contributed by atoms with Crippen LogP contribution in [0.5, 0.6) is 0 Å². The van der Waals surface area contributed by atoms with E-state index in [1.54, 1.807) is 23.1 Å². The van der Waals surface area contributed by atoms with Gasteiger partial charge >= 0.3 is 5.97 Å². The van der Waals surface area contributed by atoms with E-state index >= 15 is 0 Å². The van der Waals surface area contributed by atoms with Gasteiger partial charge in [-0.15, -0.1) is 0 Å². The predicted octanol–water partition coefficient (Wildman–Crippen LogP) is 1.85. The molecule has 1 rings (SSSR count). The molecule has 1 aromatic rings. The molecule has 0 saturated carbocycles. The van der Waals surface area contributed by atoms with Crippen LogP contribution in [0.15, 0.2) is 22.7 Å². The molecule has 0 spiro atoms. The van der Waals surface area contributed by atoms with Gasteiger partial charge in [-0.25, -0.2) is 0 Å². The smallest absolute Gasteiger partial charge is 0.323 e. The highest BCUT2D eigenvalue weighted by Crippen LogP contribution is 2.25. The van der Waals surface area contributed by atoms with E-state index in [9.17, 15) is 9.59 Å². The van der Waals surface area contributed by atoms with Gasteiger partial charge in [-0.3, -0.25) is 9.59 Å². The Kier molecular flexibility index (Phi) is 4.72. The molecule has 1 amide bonds. The molecule has 0 fully saturated rings. The number of halogens is 1. The number of hydrogen-bond acceptors (Lipinski definition) is 3. The summed E-state index contributed by atoms with van der Waals surface area (Å²) in [5.74, 6) is -1.54. The van der Waals surface area contributed by atoms with Crippen LogP contribution in [-0.4, -0.2) is 29.6 Å². The van der Waals surface area contributed by atoms with Crippen molar-refractivity contribution in [2.75, 3.05) is 11.4 Å². The Morgan fingerprint density at radius 3 is 2.50 bits per heavy atom. The van der Waals surface area contributed by atoms with E-state index in [4.69, 9.17) is 10.8 Å². The van der Waals surface area contributed by atoms with Crippen molar-refractivity contribution >= 4 is 33.5 Å². The summed E-state index contributed by atoms with van der Waals surface area (Å²) < 4.78 is 0.721. The van der Waals surface area contributed by atoms with Crippen molar-refractivity contribution in [1.29, 1.82) is 0 Å². The lowest BCUT2D eigenvalue weighted by Gasteiger charge is -2.28. The van der Waals surface area contributed by atoms with Crippen LogP contribution in [0.25, 0.3) is 0 Å². The van der Waals surface area contributed by atoms with Crippen molar-refractivity contribution in [3.8, 4) is 0 Å². The fourth-order valence-corrected chi connectivity index (χ4v) is 2.01. The van der Waals surface area contributed by atoms with Crippen LogP contribution in [0.2, 0.25) is 0 Å². The summed E-state index contributed by atoms with van der Waals surface area (Å²) in [6, 6.07) is 4.97. The molecule has 0 heterocycles. The van der Waals surface area contributed by atoms with Crippen molar-refractivity contribution in [3.05, 3.63) is 28.2 Å². The van der Waals surface area contributed by atoms with Crippen molar-refractivity contribution in [2.45, 2.75) is 19.9 Å². The SMILES string of the molecule is CC(C)N(CC(=O)O)c1ccc(Br)cc1C(N)=O. The molecule has 0 aliphatic heterocycles. The first kappa shape index (κ1) is 14.5. The van der Waals surface area contributed by atoms with E-state index in [0.717, 1.165) is 4.47 Å². The van der Waals surface area contributed by atoms with E-state index in [1.807, 2.05) is 13.8 Å². The van der Waals surface area contributed by atoms with E-state index in [-0.39, 0.29) is 12.6 Å². The highest BCUT2D eigenvalue weighted by molar-refractivity contribution is 9.10. The molecular weight excluding hydrogens is 300 g/mol. The number of amides is 1. The number of nitrogens with two attached hydrogens (primary N) is 1. The molecule has 0 unspecified atom stereocenters. The second kappa shape index (κ2) is 5.86. The number of anilines is 1. The Bertz CT molecular complexity index is 474. The van der Waals surface area contributed by atoms with Crippen LogP contribution in [0, 0.1) is 0 Å². The number of primary amides is 1. The van der Waals surface area contributed by atoms with Crippen LogP contribution >= 0.6 is 15.9 Å². The summed E-state index contributed by atoms with van der Waals surface area (Å²) in [7, 11) is 0. The van der Waals surface area contributed by atoms with Crippen LogP contribution in [0.4, 0.5) is 5.69 Å². The molecule has 1 aromatic carbocycles. The van der Waals surface area contributed by atoms with E-state index < -0.39 is 11.9 Å². The number of carboxylic acid groups (broad SMARTS) is 1. The Morgan fingerprint density at radius 2 is 2.06 bits per heavy atom. The van der Waals surface area contributed by atoms with Gasteiger partial charge in [-0.05, 0) is 32.0 Å². The number of benzene rings is 1. The van der Waals surface area contributed by atoms with Gasteiger partial charge in [-0.2, -0.15) is 0 Å². The molecule has 3 N–H and O–H groups in total. The largest absolute Gasteiger partial charge is 0.480 e. The maximum Gasteiger partial charge on any atom is 0.323 e. The number of nitrogens with zero attached hydrogens (tertiary/aromatic N) is 1. The highest BCUT2D eigenvalue weighted by Gasteiger charge is 2.19. The molecular formula is C12H15BrN2O3. The minimum Gasteiger partial charge on any atom is -0.480 e. The third-order valence-corrected chi connectivity index (χ3v) is 2.96. The number of rotatable bonds is 5. The minimum atomic E-state index is -0.956. The Labute approximate surface area is 114 Å². The number of carboxylic acids is 1. The molecule has 0 atom stereocenters. The normalized spacial score (nSPS) is 10.4. The summed E-state index contributed by atoms with van der Waals surface area (Å²) in [5, 5.41) is 8.91. The molecule has 0 radical (unpaired) electrons. The van der Waals surface area contributed by atoms with Crippen molar-refractivity contribution in [2.24, 2.45) is 5.73 Å². The first-order valence-electron chi connectivity index (χ1n) is 5.40. The summed E-state index contributed by atoms with van der Waals surface area (Å²) >= 11 is 3.26. The molecule has 5 nitrogen and oxygen atoms in total. The average molecular weight is 315 g/mol. The minimum absolute atomic E-state index is 0.0552. The number of carbonyl (C=O) groups is 2. The van der Waals surface area contributed by atoms with Crippen LogP contribution in [0.1, 0.15) is 24.2 Å². The van der Waals surface area contributed by atoms with E-state index in [1.165, 1.54) is 0 Å². The number of aliphatic carboxylic acids is 1. The second-order valence-corrected chi connectivity index (χ2v) is 5.06. The number of carbonyl (C=O) groups excluding carboxylic acids is 1. The van der Waals surface area contributed by atoms with Gasteiger partial charge in [-0.1, -0.05) is 15.9 Å². The first-order chi connectivity index (χ1) is 8.32. The van der Waals surface area contributed by atoms with E-state index in [2.05, 4.69) is 15.9 Å². The van der Waals surface area contributed by atoms with Gasteiger partial charge < -0.3 is 15.7 Å². The summed E-state index contributed by atoms with van der Waals surface area (Å²) in [6.07, 6.45) is 0. The van der Waals surface area contributed by atoms with Crippen LogP contribution in [-0.2, 0) is 4.79 Å². The Hall–Kier alpha value is -1.56. The van der Waals surface area contributed by atoms with Gasteiger partial charge in [0.2, 0.25) is 0 Å². The molecule has 0 aliphatic rings. The second-order valence-electron chi connectivity index (χ2n) is 4.14. The molecule has 0 aromatic heterocycles. The van der Waals surface area contributed by atoms with Gasteiger partial charge in [0.1, 0.15) is 6.54 Å². The van der Waals surface area contributed by atoms with Gasteiger partial charge in [0.05, 0.1) is 11.3 Å². The molecule has 0 bridgehead atoms. The lowest BCUT2D eigenvalue weighted by atomic mass is 10.1. The maximum absolute atomic E-state index is 11.4. The standard InChI is InChI=1S/C12H15BrN2O3/c1-7(2)15(6-11(16)17)10-4-3-8(13)5-9(10)12(14)18/h3-5,7H,6H2,1-2H3,(H2,14,18)(H,16,17). The van der Waals surface area contributed by atoms with Crippen molar-refractivity contribution < 1.29 is 14.7 Å². The Morgan fingerprint density at radius 1 is 1.44 bits per heavy atom. The number of hydrogen-bond donors (Lipinski definition) is 2. The topological polar surface area (TPSA) is 83.6 Å². The summed E-state index contributed by atoms with van der Waals surface area (Å²) in [4.78, 5) is 23.9. The Balaban J connectivity index is 3.27. The molecule has 98 valence electrons. The maximum atomic E-state index is 11.4. The van der Waals surface area contributed by atoms with E-state index in [0.29, 0.717) is 11.3 Å². The lowest BCUT2D eigenvalue weighted by molar-refractivity contribution is -0.135. The monoisotopic (exact) mass is 314 g/mol. The molecule has 18 heavy (non-hydrogen) atoms. The van der Waals surface area contributed by atoms with Crippen molar-refractivity contribution in [1.82, 2.24) is 0 Å². The predicted molar refractivity (Wildman–Crippen MR) is 72.8 cm³/mol. The molecule has 6 heteroatoms. The lowest BCUT2D eigenvalue weighted by Crippen LogP contribution is -2.37. The average Bonchev–Trinajstić information content (AvgIpc) is 2.25. The van der Waals surface area contributed by atoms with Crippen LogP contribution < -0.4 is 10.6 Å². The zero-order valence-corrected chi connectivity index (χ0v) is 11.8. The third-order valence-electron chi connectivity index (χ3n) is 2.46. The summed E-state index contributed by atoms with van der Waals surface area (Å²) in [5.41, 5.74) is 6.15. The highest BCUT2D eigenvalue weighted by atomic mass is 79.9. The van der Waals surface area contributed by atoms with Gasteiger partial charge in [0, 0.05) is 10.5 Å². The van der Waals surface area contributed by atoms with Gasteiger partial charge in [0.15, 0.2) is 0 Å². The molecule has 0 aliphatic carbocycles. The van der Waals surface area contributed by atoms with Crippen LogP contribution in [0.3, 0.4) is 0 Å². The zero-order chi connectivity index (χ0) is 13.9.